The molecule has 0 atom stereocenters. The molecule has 1 rings (SSSR count). The van der Waals surface area contributed by atoms with Crippen molar-refractivity contribution in [3.8, 4) is 5.75 Å². The van der Waals surface area contributed by atoms with E-state index in [0.717, 1.165) is 16.9 Å². The summed E-state index contributed by atoms with van der Waals surface area (Å²) in [6, 6.07) is 6.02. The number of benzene rings is 1. The van der Waals surface area contributed by atoms with Crippen LogP contribution in [0.15, 0.2) is 24.8 Å². The lowest BCUT2D eigenvalue weighted by molar-refractivity contribution is 0.130. The molecule has 0 saturated carbocycles. The van der Waals surface area contributed by atoms with Gasteiger partial charge >= 0.3 is 0 Å². The normalized spacial score (nSPS) is 11.1. The first-order valence-electron chi connectivity index (χ1n) is 4.85. The molecular formula is C13H18O. The zero-order valence-corrected chi connectivity index (χ0v) is 9.42. The molecule has 0 amide bonds. The second-order valence-corrected chi connectivity index (χ2v) is 4.39. The molecular weight excluding hydrogens is 172 g/mol. The highest BCUT2D eigenvalue weighted by Gasteiger charge is 2.13. The van der Waals surface area contributed by atoms with Gasteiger partial charge in [-0.05, 0) is 44.9 Å². The second kappa shape index (κ2) is 3.87. The number of hydrogen-bond donors (Lipinski definition) is 0. The Morgan fingerprint density at radius 1 is 1.29 bits per heavy atom. The lowest BCUT2D eigenvalue weighted by Gasteiger charge is -2.23. The minimum atomic E-state index is -0.148. The summed E-state index contributed by atoms with van der Waals surface area (Å²) in [5.41, 5.74) is 2.13. The summed E-state index contributed by atoms with van der Waals surface area (Å²) < 4.78 is 5.83. The average Bonchev–Trinajstić information content (AvgIpc) is 2.06. The zero-order chi connectivity index (χ0) is 10.8. The Morgan fingerprint density at radius 3 is 2.43 bits per heavy atom. The third kappa shape index (κ3) is 2.63. The van der Waals surface area contributed by atoms with Crippen LogP contribution in [0.3, 0.4) is 0 Å². The number of rotatable bonds is 2. The van der Waals surface area contributed by atoms with Gasteiger partial charge in [-0.25, -0.2) is 0 Å². The lowest BCUT2D eigenvalue weighted by atomic mass is 10.1. The molecule has 1 aromatic carbocycles. The van der Waals surface area contributed by atoms with Gasteiger partial charge in [-0.3, -0.25) is 0 Å². The van der Waals surface area contributed by atoms with E-state index in [9.17, 15) is 0 Å². The number of hydrogen-bond acceptors (Lipinski definition) is 1. The third-order valence-electron chi connectivity index (χ3n) is 1.96. The van der Waals surface area contributed by atoms with Gasteiger partial charge in [0.05, 0.1) is 0 Å². The van der Waals surface area contributed by atoms with Gasteiger partial charge in [0.15, 0.2) is 0 Å². The fourth-order valence-electron chi connectivity index (χ4n) is 1.29. The van der Waals surface area contributed by atoms with Crippen LogP contribution in [0.1, 0.15) is 31.9 Å². The molecule has 0 saturated heterocycles. The van der Waals surface area contributed by atoms with E-state index < -0.39 is 0 Å². The van der Waals surface area contributed by atoms with E-state index in [2.05, 4.69) is 13.5 Å². The van der Waals surface area contributed by atoms with Crippen LogP contribution >= 0.6 is 0 Å². The number of ether oxygens (including phenoxy) is 1. The van der Waals surface area contributed by atoms with Gasteiger partial charge in [-0.2, -0.15) is 0 Å². The molecule has 1 aromatic rings. The van der Waals surface area contributed by atoms with Gasteiger partial charge in [0, 0.05) is 0 Å². The van der Waals surface area contributed by atoms with Crippen molar-refractivity contribution in [2.45, 2.75) is 33.3 Å². The van der Waals surface area contributed by atoms with Crippen LogP contribution in [0.5, 0.6) is 5.75 Å². The summed E-state index contributed by atoms with van der Waals surface area (Å²) >= 11 is 0. The van der Waals surface area contributed by atoms with Crippen LogP contribution in [0.4, 0.5) is 0 Å². The third-order valence-corrected chi connectivity index (χ3v) is 1.96. The molecule has 1 heteroatoms. The van der Waals surface area contributed by atoms with Crippen LogP contribution in [-0.4, -0.2) is 5.60 Å². The van der Waals surface area contributed by atoms with E-state index in [1.165, 1.54) is 0 Å². The van der Waals surface area contributed by atoms with E-state index >= 15 is 0 Å². The van der Waals surface area contributed by atoms with E-state index in [4.69, 9.17) is 4.74 Å². The molecule has 1 nitrogen and oxygen atoms in total. The molecule has 0 bridgehead atoms. The molecule has 0 unspecified atom stereocenters. The minimum absolute atomic E-state index is 0.148. The summed E-state index contributed by atoms with van der Waals surface area (Å²) in [5, 5.41) is 0. The fourth-order valence-corrected chi connectivity index (χ4v) is 1.29. The summed E-state index contributed by atoms with van der Waals surface area (Å²) in [7, 11) is 0. The van der Waals surface area contributed by atoms with Crippen molar-refractivity contribution in [3.63, 3.8) is 0 Å². The van der Waals surface area contributed by atoms with Gasteiger partial charge in [0.2, 0.25) is 0 Å². The Balaban J connectivity index is 3.04. The van der Waals surface area contributed by atoms with Crippen LogP contribution in [-0.2, 0) is 0 Å². The van der Waals surface area contributed by atoms with Gasteiger partial charge in [-0.15, -0.1) is 0 Å². The Kier molecular flexibility index (Phi) is 3.00. The van der Waals surface area contributed by atoms with Crippen LogP contribution in [0.2, 0.25) is 0 Å². The smallest absolute Gasteiger partial charge is 0.123 e. The van der Waals surface area contributed by atoms with E-state index in [1.807, 2.05) is 45.0 Å². The summed E-state index contributed by atoms with van der Waals surface area (Å²) in [6.07, 6.45) is 1.85. The van der Waals surface area contributed by atoms with Crippen molar-refractivity contribution in [1.82, 2.24) is 0 Å². The van der Waals surface area contributed by atoms with Crippen molar-refractivity contribution in [3.05, 3.63) is 35.9 Å². The molecule has 0 aliphatic carbocycles. The summed E-state index contributed by atoms with van der Waals surface area (Å²) in [6.45, 7) is 12.0. The summed E-state index contributed by atoms with van der Waals surface area (Å²) in [5.74, 6) is 0.940. The van der Waals surface area contributed by atoms with Crippen LogP contribution < -0.4 is 4.74 Å². The Morgan fingerprint density at radius 2 is 1.93 bits per heavy atom. The average molecular weight is 190 g/mol. The first kappa shape index (κ1) is 10.8. The highest BCUT2D eigenvalue weighted by Crippen LogP contribution is 2.25. The molecule has 14 heavy (non-hydrogen) atoms. The summed E-state index contributed by atoms with van der Waals surface area (Å²) in [4.78, 5) is 0. The zero-order valence-electron chi connectivity index (χ0n) is 9.42. The van der Waals surface area contributed by atoms with E-state index in [1.54, 1.807) is 0 Å². The Hall–Kier alpha value is -1.24. The maximum Gasteiger partial charge on any atom is 0.123 e. The van der Waals surface area contributed by atoms with Crippen molar-refractivity contribution < 1.29 is 4.74 Å². The molecule has 0 aliphatic heterocycles. The topological polar surface area (TPSA) is 9.23 Å². The molecule has 0 heterocycles. The first-order valence-corrected chi connectivity index (χ1v) is 4.85. The van der Waals surface area contributed by atoms with E-state index in [0.29, 0.717) is 0 Å². The van der Waals surface area contributed by atoms with Gasteiger partial charge < -0.3 is 4.74 Å². The minimum Gasteiger partial charge on any atom is -0.488 e. The maximum atomic E-state index is 5.83. The Labute approximate surface area is 86.4 Å². The quantitative estimate of drug-likeness (QED) is 0.689. The molecule has 0 N–H and O–H groups in total. The van der Waals surface area contributed by atoms with Crippen molar-refractivity contribution in [1.29, 1.82) is 0 Å². The van der Waals surface area contributed by atoms with Crippen LogP contribution in [0, 0.1) is 6.92 Å². The monoisotopic (exact) mass is 190 g/mol. The van der Waals surface area contributed by atoms with Crippen LogP contribution in [0.25, 0.3) is 6.08 Å². The van der Waals surface area contributed by atoms with E-state index in [-0.39, 0.29) is 5.60 Å². The largest absolute Gasteiger partial charge is 0.488 e. The first-order chi connectivity index (χ1) is 6.44. The predicted molar refractivity (Wildman–Crippen MR) is 61.7 cm³/mol. The highest BCUT2D eigenvalue weighted by atomic mass is 16.5. The Bertz CT molecular complexity index is 332. The van der Waals surface area contributed by atoms with Gasteiger partial charge in [0.1, 0.15) is 11.4 Å². The SMILES string of the molecule is C=Cc1cccc(OC(C)(C)C)c1C. The van der Waals surface area contributed by atoms with Gasteiger partial charge in [0.25, 0.3) is 0 Å². The highest BCUT2D eigenvalue weighted by molar-refractivity contribution is 5.55. The fraction of sp³-hybridized carbons (Fsp3) is 0.385. The molecule has 0 radical (unpaired) electrons. The lowest BCUT2D eigenvalue weighted by Crippen LogP contribution is -2.23. The van der Waals surface area contributed by atoms with Crippen molar-refractivity contribution in [2.24, 2.45) is 0 Å². The van der Waals surface area contributed by atoms with Gasteiger partial charge in [-0.1, -0.05) is 24.8 Å². The van der Waals surface area contributed by atoms with Crippen molar-refractivity contribution >= 4 is 6.08 Å². The molecule has 0 fully saturated rings. The molecule has 0 aromatic heterocycles. The second-order valence-electron chi connectivity index (χ2n) is 4.39. The standard InChI is InChI=1S/C13H18O/c1-6-11-8-7-9-12(10(11)2)14-13(3,4)5/h6-9H,1H2,2-5H3. The molecule has 0 spiro atoms. The predicted octanol–water partition coefficient (Wildman–Crippen LogP) is 3.82. The molecule has 0 aliphatic rings. The van der Waals surface area contributed by atoms with Crippen molar-refractivity contribution in [2.75, 3.05) is 0 Å². The molecule has 76 valence electrons. The maximum absolute atomic E-state index is 5.83.